The van der Waals surface area contributed by atoms with E-state index >= 15 is 0 Å². The van der Waals surface area contributed by atoms with Gasteiger partial charge in [0.05, 0.1) is 11.0 Å². The van der Waals surface area contributed by atoms with E-state index in [1.54, 1.807) is 17.4 Å². The number of hydrogen-bond donors (Lipinski definition) is 2. The van der Waals surface area contributed by atoms with Crippen LogP contribution in [0.1, 0.15) is 22.5 Å². The Morgan fingerprint density at radius 3 is 3.00 bits per heavy atom. The lowest BCUT2D eigenvalue weighted by Gasteiger charge is -2.11. The number of benzene rings is 1. The molecule has 0 amide bonds. The van der Waals surface area contributed by atoms with Gasteiger partial charge in [0.15, 0.2) is 11.4 Å². The molecule has 2 aromatic heterocycles. The van der Waals surface area contributed by atoms with Crippen LogP contribution in [0.4, 0.5) is 4.39 Å². The molecule has 3 rings (SSSR count). The average molecular weight is 291 g/mol. The standard InChI is InChI=1S/C14H14FN3OS/c1-8-7-20-13(17-8)6-11(18-16)12-5-9-3-2-4-10(15)14(9)19-12/h2-5,7,11,18H,6,16H2,1H3. The van der Waals surface area contributed by atoms with Crippen LogP contribution in [0, 0.1) is 12.7 Å². The first-order chi connectivity index (χ1) is 9.67. The lowest BCUT2D eigenvalue weighted by molar-refractivity contribution is 0.427. The SMILES string of the molecule is Cc1csc(CC(NN)c2cc3cccc(F)c3o2)n1. The summed E-state index contributed by atoms with van der Waals surface area (Å²) in [6, 6.07) is 6.43. The fraction of sp³-hybridized carbons (Fsp3) is 0.214. The molecule has 0 aliphatic carbocycles. The van der Waals surface area contributed by atoms with E-state index in [2.05, 4.69) is 10.4 Å². The van der Waals surface area contributed by atoms with Gasteiger partial charge < -0.3 is 4.42 Å². The van der Waals surface area contributed by atoms with Crippen molar-refractivity contribution in [2.24, 2.45) is 5.84 Å². The molecular weight excluding hydrogens is 277 g/mol. The van der Waals surface area contributed by atoms with Gasteiger partial charge in [0.2, 0.25) is 0 Å². The highest BCUT2D eigenvalue weighted by Crippen LogP contribution is 2.28. The Morgan fingerprint density at radius 1 is 1.50 bits per heavy atom. The van der Waals surface area contributed by atoms with E-state index in [0.29, 0.717) is 12.2 Å². The minimum atomic E-state index is -0.366. The van der Waals surface area contributed by atoms with Crippen LogP contribution in [0.3, 0.4) is 0 Å². The zero-order valence-corrected chi connectivity index (χ0v) is 11.7. The first-order valence-electron chi connectivity index (χ1n) is 6.22. The lowest BCUT2D eigenvalue weighted by Crippen LogP contribution is -2.29. The zero-order chi connectivity index (χ0) is 14.1. The highest BCUT2D eigenvalue weighted by Gasteiger charge is 2.18. The van der Waals surface area contributed by atoms with Gasteiger partial charge in [-0.25, -0.2) is 14.8 Å². The lowest BCUT2D eigenvalue weighted by atomic mass is 10.1. The Bertz CT molecular complexity index is 737. The third-order valence-corrected chi connectivity index (χ3v) is 4.09. The van der Waals surface area contributed by atoms with Gasteiger partial charge in [-0.2, -0.15) is 0 Å². The van der Waals surface area contributed by atoms with Gasteiger partial charge in [0.1, 0.15) is 5.76 Å². The summed E-state index contributed by atoms with van der Waals surface area (Å²) in [5.41, 5.74) is 3.95. The third kappa shape index (κ3) is 2.45. The van der Waals surface area contributed by atoms with E-state index in [4.69, 9.17) is 10.3 Å². The van der Waals surface area contributed by atoms with E-state index < -0.39 is 0 Å². The summed E-state index contributed by atoms with van der Waals surface area (Å²) in [4.78, 5) is 4.40. The zero-order valence-electron chi connectivity index (χ0n) is 10.9. The Morgan fingerprint density at radius 2 is 2.35 bits per heavy atom. The Labute approximate surface area is 119 Å². The van der Waals surface area contributed by atoms with Crippen LogP contribution < -0.4 is 11.3 Å². The fourth-order valence-electron chi connectivity index (χ4n) is 2.13. The molecule has 0 aliphatic heterocycles. The van der Waals surface area contributed by atoms with Crippen molar-refractivity contribution in [3.63, 3.8) is 0 Å². The monoisotopic (exact) mass is 291 g/mol. The van der Waals surface area contributed by atoms with Crippen molar-refractivity contribution in [1.29, 1.82) is 0 Å². The number of nitrogens with zero attached hydrogens (tertiary/aromatic N) is 1. The first kappa shape index (κ1) is 13.2. The summed E-state index contributed by atoms with van der Waals surface area (Å²) < 4.78 is 19.2. The van der Waals surface area contributed by atoms with E-state index in [1.807, 2.05) is 24.4 Å². The van der Waals surface area contributed by atoms with Crippen molar-refractivity contribution in [1.82, 2.24) is 10.4 Å². The van der Waals surface area contributed by atoms with Crippen molar-refractivity contribution >= 4 is 22.3 Å². The molecule has 1 aromatic carbocycles. The van der Waals surface area contributed by atoms with E-state index in [9.17, 15) is 4.39 Å². The van der Waals surface area contributed by atoms with Crippen molar-refractivity contribution in [2.75, 3.05) is 0 Å². The number of halogens is 1. The molecule has 0 fully saturated rings. The van der Waals surface area contributed by atoms with Crippen LogP contribution in [0.15, 0.2) is 34.1 Å². The summed E-state index contributed by atoms with van der Waals surface area (Å²) in [5.74, 6) is 5.84. The van der Waals surface area contributed by atoms with E-state index in [1.165, 1.54) is 6.07 Å². The predicted molar refractivity (Wildman–Crippen MR) is 76.8 cm³/mol. The van der Waals surface area contributed by atoms with E-state index in [-0.39, 0.29) is 17.4 Å². The molecule has 0 radical (unpaired) electrons. The molecule has 4 nitrogen and oxygen atoms in total. The molecular formula is C14H14FN3OS. The van der Waals surface area contributed by atoms with E-state index in [0.717, 1.165) is 16.1 Å². The predicted octanol–water partition coefficient (Wildman–Crippen LogP) is 3.08. The molecule has 0 saturated heterocycles. The number of nitrogens with one attached hydrogen (secondary N) is 1. The number of hydrogen-bond acceptors (Lipinski definition) is 5. The fourth-order valence-corrected chi connectivity index (χ4v) is 2.95. The average Bonchev–Trinajstić information content (AvgIpc) is 3.03. The molecule has 0 aliphatic rings. The summed E-state index contributed by atoms with van der Waals surface area (Å²) in [5, 5.41) is 3.68. The Kier molecular flexibility index (Phi) is 3.52. The quantitative estimate of drug-likeness (QED) is 0.573. The number of rotatable bonds is 4. The van der Waals surface area contributed by atoms with Gasteiger partial charge in [0, 0.05) is 22.9 Å². The molecule has 0 spiro atoms. The number of aryl methyl sites for hydroxylation is 1. The van der Waals surface area contributed by atoms with Crippen LogP contribution in [0.25, 0.3) is 11.0 Å². The minimum absolute atomic E-state index is 0.229. The van der Waals surface area contributed by atoms with Crippen molar-refractivity contribution in [3.8, 4) is 0 Å². The maximum absolute atomic E-state index is 13.6. The second-order valence-corrected chi connectivity index (χ2v) is 5.56. The molecule has 0 bridgehead atoms. The van der Waals surface area contributed by atoms with Crippen LogP contribution in [-0.4, -0.2) is 4.98 Å². The molecule has 2 heterocycles. The molecule has 6 heteroatoms. The maximum atomic E-state index is 13.6. The van der Waals surface area contributed by atoms with Crippen molar-refractivity contribution < 1.29 is 8.81 Å². The maximum Gasteiger partial charge on any atom is 0.169 e. The Balaban J connectivity index is 1.92. The highest BCUT2D eigenvalue weighted by molar-refractivity contribution is 7.09. The summed E-state index contributed by atoms with van der Waals surface area (Å²) in [6.07, 6.45) is 0.608. The molecule has 104 valence electrons. The van der Waals surface area contributed by atoms with Gasteiger partial charge in [-0.15, -0.1) is 11.3 Å². The topological polar surface area (TPSA) is 64.1 Å². The molecule has 20 heavy (non-hydrogen) atoms. The summed E-state index contributed by atoms with van der Waals surface area (Å²) in [7, 11) is 0. The largest absolute Gasteiger partial charge is 0.456 e. The Hall–Kier alpha value is -1.76. The third-order valence-electron chi connectivity index (χ3n) is 3.11. The number of aromatic nitrogens is 1. The normalized spacial score (nSPS) is 12.9. The summed E-state index contributed by atoms with van der Waals surface area (Å²) in [6.45, 7) is 1.95. The molecule has 1 unspecified atom stereocenters. The molecule has 3 aromatic rings. The minimum Gasteiger partial charge on any atom is -0.456 e. The van der Waals surface area contributed by atoms with Crippen molar-refractivity contribution in [2.45, 2.75) is 19.4 Å². The molecule has 0 saturated carbocycles. The van der Waals surface area contributed by atoms with Gasteiger partial charge in [-0.05, 0) is 19.1 Å². The van der Waals surface area contributed by atoms with Crippen LogP contribution in [0.2, 0.25) is 0 Å². The molecule has 1 atom stereocenters. The smallest absolute Gasteiger partial charge is 0.169 e. The number of nitrogens with two attached hydrogens (primary N) is 1. The number of furan rings is 1. The number of para-hydroxylation sites is 1. The van der Waals surface area contributed by atoms with Gasteiger partial charge in [-0.1, -0.05) is 12.1 Å². The second-order valence-electron chi connectivity index (χ2n) is 4.61. The number of thiazole rings is 1. The first-order valence-corrected chi connectivity index (χ1v) is 7.10. The van der Waals surface area contributed by atoms with Gasteiger partial charge in [0.25, 0.3) is 0 Å². The van der Waals surface area contributed by atoms with Crippen molar-refractivity contribution in [3.05, 3.63) is 51.9 Å². The van der Waals surface area contributed by atoms with Gasteiger partial charge in [-0.3, -0.25) is 5.84 Å². The molecule has 3 N–H and O–H groups in total. The van der Waals surface area contributed by atoms with Crippen LogP contribution >= 0.6 is 11.3 Å². The van der Waals surface area contributed by atoms with Gasteiger partial charge >= 0.3 is 0 Å². The second kappa shape index (κ2) is 5.32. The number of fused-ring (bicyclic) bond motifs is 1. The van der Waals surface area contributed by atoms with Crippen LogP contribution in [-0.2, 0) is 6.42 Å². The number of hydrazine groups is 1. The summed E-state index contributed by atoms with van der Waals surface area (Å²) >= 11 is 1.58. The van der Waals surface area contributed by atoms with Crippen LogP contribution in [0.5, 0.6) is 0 Å². The highest BCUT2D eigenvalue weighted by atomic mass is 32.1.